The van der Waals surface area contributed by atoms with Gasteiger partial charge in [0.25, 0.3) is 0 Å². The first kappa shape index (κ1) is 13.5. The van der Waals surface area contributed by atoms with Crippen molar-refractivity contribution in [2.45, 2.75) is 33.6 Å². The number of hydrogen-bond donors (Lipinski definition) is 0. The van der Waals surface area contributed by atoms with E-state index in [1.54, 1.807) is 0 Å². The van der Waals surface area contributed by atoms with E-state index in [1.165, 1.54) is 11.1 Å². The Morgan fingerprint density at radius 2 is 1.58 bits per heavy atom. The summed E-state index contributed by atoms with van der Waals surface area (Å²) in [5, 5.41) is 0. The Bertz CT molecular complexity index is 576. The molecule has 0 aromatic heterocycles. The first-order valence-corrected chi connectivity index (χ1v) is 6.73. The van der Waals surface area contributed by atoms with Crippen molar-refractivity contribution < 1.29 is 4.79 Å². The summed E-state index contributed by atoms with van der Waals surface area (Å²) in [4.78, 5) is 12.3. The Hall–Kier alpha value is -1.89. The van der Waals surface area contributed by atoms with Gasteiger partial charge in [-0.3, -0.25) is 4.79 Å². The zero-order valence-electron chi connectivity index (χ0n) is 11.9. The van der Waals surface area contributed by atoms with Gasteiger partial charge in [0.2, 0.25) is 0 Å². The third kappa shape index (κ3) is 3.31. The molecule has 0 saturated heterocycles. The molecule has 1 nitrogen and oxygen atoms in total. The van der Waals surface area contributed by atoms with Crippen molar-refractivity contribution in [1.29, 1.82) is 0 Å². The van der Waals surface area contributed by atoms with Gasteiger partial charge in [-0.05, 0) is 43.9 Å². The monoisotopic (exact) mass is 252 g/mol. The number of ketones is 1. The molecule has 2 rings (SSSR count). The summed E-state index contributed by atoms with van der Waals surface area (Å²) < 4.78 is 0. The molecule has 0 radical (unpaired) electrons. The number of hydrogen-bond acceptors (Lipinski definition) is 1. The molecule has 0 aliphatic rings. The Morgan fingerprint density at radius 1 is 0.947 bits per heavy atom. The topological polar surface area (TPSA) is 17.1 Å². The fourth-order valence-corrected chi connectivity index (χ4v) is 2.50. The molecule has 2 aromatic carbocycles. The molecule has 0 fully saturated rings. The molecule has 0 heterocycles. The third-order valence-corrected chi connectivity index (χ3v) is 3.48. The minimum atomic E-state index is 0.247. The van der Waals surface area contributed by atoms with Crippen LogP contribution in [0.15, 0.2) is 42.5 Å². The van der Waals surface area contributed by atoms with Crippen LogP contribution in [0.3, 0.4) is 0 Å². The second-order valence-corrected chi connectivity index (χ2v) is 5.18. The average molecular weight is 252 g/mol. The van der Waals surface area contributed by atoms with Gasteiger partial charge in [-0.15, -0.1) is 0 Å². The van der Waals surface area contributed by atoms with Crippen molar-refractivity contribution in [3.8, 4) is 0 Å². The molecule has 0 spiro atoms. The van der Waals surface area contributed by atoms with E-state index in [2.05, 4.69) is 25.1 Å². The van der Waals surface area contributed by atoms with Crippen molar-refractivity contribution in [3.05, 3.63) is 70.3 Å². The summed E-state index contributed by atoms with van der Waals surface area (Å²) in [7, 11) is 0. The predicted octanol–water partition coefficient (Wildman–Crippen LogP) is 4.43. The summed E-state index contributed by atoms with van der Waals surface area (Å²) >= 11 is 0. The molecule has 19 heavy (non-hydrogen) atoms. The lowest BCUT2D eigenvalue weighted by molar-refractivity contribution is 0.0981. The highest BCUT2D eigenvalue weighted by Gasteiger charge is 2.11. The Labute approximate surface area is 115 Å². The molecule has 0 saturated carbocycles. The van der Waals surface area contributed by atoms with E-state index in [4.69, 9.17) is 0 Å². The summed E-state index contributed by atoms with van der Waals surface area (Å²) in [5.41, 5.74) is 5.54. The highest BCUT2D eigenvalue weighted by Crippen LogP contribution is 2.17. The van der Waals surface area contributed by atoms with Crippen LogP contribution >= 0.6 is 0 Å². The van der Waals surface area contributed by atoms with Crippen LogP contribution in [0.2, 0.25) is 0 Å². The molecule has 98 valence electrons. The summed E-state index contributed by atoms with van der Waals surface area (Å²) in [6, 6.07) is 14.4. The van der Waals surface area contributed by atoms with E-state index in [-0.39, 0.29) is 5.78 Å². The van der Waals surface area contributed by atoms with Gasteiger partial charge in [-0.2, -0.15) is 0 Å². The number of rotatable bonds is 4. The Morgan fingerprint density at radius 3 is 2.21 bits per heavy atom. The van der Waals surface area contributed by atoms with E-state index in [0.717, 1.165) is 23.1 Å². The van der Waals surface area contributed by atoms with Gasteiger partial charge in [0, 0.05) is 12.0 Å². The molecule has 0 aliphatic carbocycles. The van der Waals surface area contributed by atoms with Crippen LogP contribution in [0.1, 0.15) is 39.0 Å². The first-order valence-electron chi connectivity index (χ1n) is 6.73. The molecular weight excluding hydrogens is 232 g/mol. The normalized spacial score (nSPS) is 10.5. The maximum atomic E-state index is 12.3. The number of benzene rings is 2. The first-order chi connectivity index (χ1) is 9.08. The lowest BCUT2D eigenvalue weighted by atomic mass is 9.95. The summed E-state index contributed by atoms with van der Waals surface area (Å²) in [6.45, 7) is 6.09. The van der Waals surface area contributed by atoms with Crippen molar-refractivity contribution in [2.75, 3.05) is 0 Å². The van der Waals surface area contributed by atoms with Crippen LogP contribution in [0, 0.1) is 20.8 Å². The molecule has 0 amide bonds. The smallest absolute Gasteiger partial charge is 0.163 e. The van der Waals surface area contributed by atoms with Crippen LogP contribution in [-0.2, 0) is 6.42 Å². The van der Waals surface area contributed by atoms with Crippen LogP contribution in [0.5, 0.6) is 0 Å². The molecule has 0 aliphatic heterocycles. The van der Waals surface area contributed by atoms with E-state index >= 15 is 0 Å². The Balaban J connectivity index is 2.10. The highest BCUT2D eigenvalue weighted by molar-refractivity contribution is 5.98. The number of Topliss-reactive ketones (excluding diaryl/α,β-unsaturated/α-hetero) is 1. The second-order valence-electron chi connectivity index (χ2n) is 5.18. The van der Waals surface area contributed by atoms with Gasteiger partial charge in [0.1, 0.15) is 0 Å². The van der Waals surface area contributed by atoms with E-state index in [9.17, 15) is 4.79 Å². The fraction of sp³-hybridized carbons (Fsp3) is 0.278. The van der Waals surface area contributed by atoms with Gasteiger partial charge in [-0.1, -0.05) is 48.0 Å². The van der Waals surface area contributed by atoms with E-state index in [0.29, 0.717) is 6.42 Å². The Kier molecular flexibility index (Phi) is 4.16. The van der Waals surface area contributed by atoms with E-state index < -0.39 is 0 Å². The van der Waals surface area contributed by atoms with Crippen molar-refractivity contribution in [1.82, 2.24) is 0 Å². The van der Waals surface area contributed by atoms with Crippen molar-refractivity contribution in [3.63, 3.8) is 0 Å². The third-order valence-electron chi connectivity index (χ3n) is 3.48. The molecule has 2 aromatic rings. The number of carbonyl (C=O) groups is 1. The van der Waals surface area contributed by atoms with E-state index in [1.807, 2.05) is 38.1 Å². The van der Waals surface area contributed by atoms with Crippen molar-refractivity contribution >= 4 is 5.78 Å². The van der Waals surface area contributed by atoms with Crippen LogP contribution in [0.4, 0.5) is 0 Å². The molecular formula is C18H20O. The molecule has 0 unspecified atom stereocenters. The van der Waals surface area contributed by atoms with Gasteiger partial charge >= 0.3 is 0 Å². The maximum absolute atomic E-state index is 12.3. The minimum Gasteiger partial charge on any atom is -0.294 e. The van der Waals surface area contributed by atoms with Crippen LogP contribution in [0.25, 0.3) is 0 Å². The quantitative estimate of drug-likeness (QED) is 0.736. The maximum Gasteiger partial charge on any atom is 0.163 e. The highest BCUT2D eigenvalue weighted by atomic mass is 16.1. The molecule has 0 atom stereocenters. The number of aryl methyl sites for hydroxylation is 4. The zero-order valence-corrected chi connectivity index (χ0v) is 11.9. The molecule has 1 heteroatoms. The van der Waals surface area contributed by atoms with Crippen molar-refractivity contribution in [2.24, 2.45) is 0 Å². The standard InChI is InChI=1S/C18H20O/c1-13-6-4-9-16(12-13)10-11-17(19)18-14(2)7-5-8-15(18)3/h4-9,12H,10-11H2,1-3H3. The van der Waals surface area contributed by atoms with Gasteiger partial charge in [-0.25, -0.2) is 0 Å². The predicted molar refractivity (Wildman–Crippen MR) is 79.7 cm³/mol. The molecule has 0 bridgehead atoms. The second kappa shape index (κ2) is 5.83. The summed E-state index contributed by atoms with van der Waals surface area (Å²) in [6.07, 6.45) is 1.39. The molecule has 0 N–H and O–H groups in total. The summed E-state index contributed by atoms with van der Waals surface area (Å²) in [5.74, 6) is 0.247. The zero-order chi connectivity index (χ0) is 13.8. The number of carbonyl (C=O) groups excluding carboxylic acids is 1. The SMILES string of the molecule is Cc1cccc(CCC(=O)c2c(C)cccc2C)c1. The van der Waals surface area contributed by atoms with Gasteiger partial charge in [0.05, 0.1) is 0 Å². The lowest BCUT2D eigenvalue weighted by Gasteiger charge is -2.08. The van der Waals surface area contributed by atoms with Gasteiger partial charge in [0.15, 0.2) is 5.78 Å². The minimum absolute atomic E-state index is 0.247. The van der Waals surface area contributed by atoms with Gasteiger partial charge < -0.3 is 0 Å². The van der Waals surface area contributed by atoms with Crippen LogP contribution < -0.4 is 0 Å². The fourth-order valence-electron chi connectivity index (χ4n) is 2.50. The average Bonchev–Trinajstić information content (AvgIpc) is 2.36. The van der Waals surface area contributed by atoms with Crippen LogP contribution in [-0.4, -0.2) is 5.78 Å². The lowest BCUT2D eigenvalue weighted by Crippen LogP contribution is -2.06. The largest absolute Gasteiger partial charge is 0.294 e.